The summed E-state index contributed by atoms with van der Waals surface area (Å²) < 4.78 is 16.9. The lowest BCUT2D eigenvalue weighted by Crippen LogP contribution is -2.69. The molecule has 0 radical (unpaired) electrons. The van der Waals surface area contributed by atoms with Gasteiger partial charge in [-0.15, -0.1) is 0 Å². The van der Waals surface area contributed by atoms with Gasteiger partial charge in [0.2, 0.25) is 0 Å². The number of allylic oxidation sites excluding steroid dienone is 4. The van der Waals surface area contributed by atoms with E-state index >= 15 is 4.39 Å². The Morgan fingerprint density at radius 2 is 1.97 bits per heavy atom. The number of rotatable bonds is 2. The SMILES string of the molecule is C.C[C@H]1CC2C3CC[C@](O)(C(=O)CO)C3(C)CC(O)[C@]2(F)C2(C)C=CC(=O)C=C12. The van der Waals surface area contributed by atoms with Crippen LogP contribution in [0.1, 0.15) is 53.9 Å². The van der Waals surface area contributed by atoms with Crippen molar-refractivity contribution < 1.29 is 29.3 Å². The summed E-state index contributed by atoms with van der Waals surface area (Å²) in [6.45, 7) is 4.69. The second kappa shape index (κ2) is 6.56. The highest BCUT2D eigenvalue weighted by molar-refractivity contribution is 6.01. The molecule has 4 aliphatic rings. The van der Waals surface area contributed by atoms with Crippen LogP contribution in [0.5, 0.6) is 0 Å². The number of aliphatic hydroxyl groups is 3. The van der Waals surface area contributed by atoms with Crippen molar-refractivity contribution in [3.05, 3.63) is 23.8 Å². The van der Waals surface area contributed by atoms with Crippen LogP contribution in [0.15, 0.2) is 23.8 Å². The number of aliphatic hydroxyl groups excluding tert-OH is 2. The predicted octanol–water partition coefficient (Wildman–Crippen LogP) is 2.53. The van der Waals surface area contributed by atoms with Crippen molar-refractivity contribution in [3.63, 3.8) is 0 Å². The van der Waals surface area contributed by atoms with Crippen molar-refractivity contribution in [1.82, 2.24) is 0 Å². The Morgan fingerprint density at radius 3 is 2.59 bits per heavy atom. The monoisotopic (exact) mass is 408 g/mol. The third kappa shape index (κ3) is 2.42. The van der Waals surface area contributed by atoms with E-state index in [1.54, 1.807) is 19.9 Å². The molecule has 0 aliphatic heterocycles. The zero-order valence-electron chi connectivity index (χ0n) is 16.6. The number of Topliss-reactive ketones (excluding diaryl/α,β-unsaturated/α-hetero) is 1. The maximum Gasteiger partial charge on any atom is 0.190 e. The van der Waals surface area contributed by atoms with Crippen LogP contribution in [0.2, 0.25) is 0 Å². The van der Waals surface area contributed by atoms with Crippen LogP contribution in [0, 0.1) is 28.6 Å². The number of hydrogen-bond donors (Lipinski definition) is 3. The minimum absolute atomic E-state index is 0. The first-order valence-corrected chi connectivity index (χ1v) is 10.1. The highest BCUT2D eigenvalue weighted by atomic mass is 19.1. The number of alkyl halides is 1. The maximum atomic E-state index is 16.9. The molecule has 29 heavy (non-hydrogen) atoms. The normalized spacial score (nSPS) is 50.7. The molecule has 3 N–H and O–H groups in total. The molecule has 8 atom stereocenters. The van der Waals surface area contributed by atoms with Gasteiger partial charge >= 0.3 is 0 Å². The smallest absolute Gasteiger partial charge is 0.190 e. The topological polar surface area (TPSA) is 94.8 Å². The zero-order valence-corrected chi connectivity index (χ0v) is 16.6. The fourth-order valence-electron chi connectivity index (χ4n) is 7.19. The third-order valence-corrected chi connectivity index (χ3v) is 8.73. The van der Waals surface area contributed by atoms with Gasteiger partial charge in [-0.05, 0) is 56.6 Å². The first-order valence-electron chi connectivity index (χ1n) is 10.1. The summed E-state index contributed by atoms with van der Waals surface area (Å²) in [5.41, 5.74) is -5.14. The third-order valence-electron chi connectivity index (χ3n) is 8.73. The molecule has 5 unspecified atom stereocenters. The summed E-state index contributed by atoms with van der Waals surface area (Å²) in [5.74, 6) is -1.73. The standard InChI is InChI=1S/C22H29FO5.CH4/c1-12-8-16-14-5-7-21(28,18(27)11-24)20(14,3)10-17(26)22(16,23)19(2)6-4-13(25)9-15(12)19;/h4,6,9,12,14,16-17,24,26,28H,5,7-8,10-11H2,1-3H3;1H4/t12-,14?,16?,17?,19?,20?,21-,22-;/m0./s1. The van der Waals surface area contributed by atoms with Crippen LogP contribution >= 0.6 is 0 Å². The van der Waals surface area contributed by atoms with Crippen molar-refractivity contribution in [2.24, 2.45) is 28.6 Å². The largest absolute Gasteiger partial charge is 0.390 e. The van der Waals surface area contributed by atoms with Crippen LogP contribution < -0.4 is 0 Å². The molecule has 4 aliphatic carbocycles. The Bertz CT molecular complexity index is 805. The summed E-state index contributed by atoms with van der Waals surface area (Å²) in [4.78, 5) is 24.3. The molecule has 4 rings (SSSR count). The molecule has 3 fully saturated rings. The van der Waals surface area contributed by atoms with Crippen molar-refractivity contribution in [1.29, 1.82) is 0 Å². The number of ketones is 2. The Balaban J connectivity index is 0.00000240. The molecule has 0 aromatic carbocycles. The molecule has 0 amide bonds. The molecule has 0 saturated heterocycles. The molecule has 3 saturated carbocycles. The van der Waals surface area contributed by atoms with Crippen LogP contribution in [0.3, 0.4) is 0 Å². The Labute approximate surface area is 171 Å². The lowest BCUT2D eigenvalue weighted by atomic mass is 9.43. The molecular weight excluding hydrogens is 375 g/mol. The highest BCUT2D eigenvalue weighted by Crippen LogP contribution is 2.70. The molecule has 162 valence electrons. The maximum absolute atomic E-state index is 16.9. The van der Waals surface area contributed by atoms with Gasteiger partial charge in [0.15, 0.2) is 17.2 Å². The average molecular weight is 409 g/mol. The quantitative estimate of drug-likeness (QED) is 0.653. The molecule has 5 nitrogen and oxygen atoms in total. The number of halogens is 1. The summed E-state index contributed by atoms with van der Waals surface area (Å²) in [6.07, 6.45) is 4.09. The highest BCUT2D eigenvalue weighted by Gasteiger charge is 2.74. The van der Waals surface area contributed by atoms with Gasteiger partial charge in [0, 0.05) is 16.7 Å². The van der Waals surface area contributed by atoms with Crippen LogP contribution in [0.25, 0.3) is 0 Å². The van der Waals surface area contributed by atoms with E-state index in [-0.39, 0.29) is 37.9 Å². The Hall–Kier alpha value is -1.37. The number of fused-ring (bicyclic) bond motifs is 5. The lowest BCUT2D eigenvalue weighted by molar-refractivity contribution is -0.221. The van der Waals surface area contributed by atoms with Crippen molar-refractivity contribution in [3.8, 4) is 0 Å². The van der Waals surface area contributed by atoms with Gasteiger partial charge in [-0.2, -0.15) is 0 Å². The molecular formula is C23H33FO5. The van der Waals surface area contributed by atoms with E-state index in [9.17, 15) is 24.9 Å². The molecule has 0 heterocycles. The Kier molecular flexibility index (Phi) is 5.05. The van der Waals surface area contributed by atoms with Gasteiger partial charge in [0.05, 0.1) is 6.10 Å². The first kappa shape index (κ1) is 22.3. The van der Waals surface area contributed by atoms with E-state index in [0.717, 1.165) is 0 Å². The zero-order chi connectivity index (χ0) is 20.7. The van der Waals surface area contributed by atoms with Crippen molar-refractivity contribution in [2.75, 3.05) is 6.61 Å². The summed E-state index contributed by atoms with van der Waals surface area (Å²) in [7, 11) is 0. The van der Waals surface area contributed by atoms with E-state index in [4.69, 9.17) is 0 Å². The molecule has 6 heteroatoms. The molecule has 0 aromatic heterocycles. The predicted molar refractivity (Wildman–Crippen MR) is 107 cm³/mol. The van der Waals surface area contributed by atoms with Gasteiger partial charge in [0.1, 0.15) is 12.2 Å². The first-order chi connectivity index (χ1) is 13.0. The van der Waals surface area contributed by atoms with Crippen LogP contribution in [-0.4, -0.2) is 50.9 Å². The van der Waals surface area contributed by atoms with E-state index in [2.05, 4.69) is 0 Å². The average Bonchev–Trinajstić information content (AvgIpc) is 2.91. The number of carbonyl (C=O) groups is 2. The lowest BCUT2D eigenvalue weighted by Gasteiger charge is -2.63. The van der Waals surface area contributed by atoms with E-state index < -0.39 is 46.5 Å². The van der Waals surface area contributed by atoms with Crippen LogP contribution in [0.4, 0.5) is 4.39 Å². The van der Waals surface area contributed by atoms with Gasteiger partial charge in [0.25, 0.3) is 0 Å². The second-order valence-corrected chi connectivity index (χ2v) is 9.77. The summed E-state index contributed by atoms with van der Waals surface area (Å²) in [5, 5.41) is 31.7. The number of hydrogen-bond acceptors (Lipinski definition) is 5. The number of carbonyl (C=O) groups excluding carboxylic acids is 2. The van der Waals surface area contributed by atoms with Gasteiger partial charge < -0.3 is 15.3 Å². The fourth-order valence-corrected chi connectivity index (χ4v) is 7.19. The van der Waals surface area contributed by atoms with Crippen LogP contribution in [-0.2, 0) is 9.59 Å². The van der Waals surface area contributed by atoms with Gasteiger partial charge in [-0.1, -0.05) is 32.9 Å². The molecule has 0 spiro atoms. The van der Waals surface area contributed by atoms with E-state index in [0.29, 0.717) is 18.4 Å². The minimum atomic E-state index is -1.99. The van der Waals surface area contributed by atoms with E-state index in [1.165, 1.54) is 12.2 Å². The van der Waals surface area contributed by atoms with Crippen molar-refractivity contribution >= 4 is 11.6 Å². The summed E-state index contributed by atoms with van der Waals surface area (Å²) >= 11 is 0. The van der Waals surface area contributed by atoms with E-state index in [1.807, 2.05) is 6.92 Å². The second-order valence-electron chi connectivity index (χ2n) is 9.77. The molecule has 0 bridgehead atoms. The minimum Gasteiger partial charge on any atom is -0.390 e. The molecule has 0 aromatic rings. The fraction of sp³-hybridized carbons (Fsp3) is 0.739. The Morgan fingerprint density at radius 1 is 1.31 bits per heavy atom. The van der Waals surface area contributed by atoms with Gasteiger partial charge in [-0.3, -0.25) is 9.59 Å². The van der Waals surface area contributed by atoms with Crippen molar-refractivity contribution in [2.45, 2.75) is 71.3 Å². The summed E-state index contributed by atoms with van der Waals surface area (Å²) in [6, 6.07) is 0. The van der Waals surface area contributed by atoms with Gasteiger partial charge in [-0.25, -0.2) is 4.39 Å².